The Kier molecular flexibility index (Phi) is 6.24. The van der Waals surface area contributed by atoms with Crippen molar-refractivity contribution >= 4 is 15.7 Å². The van der Waals surface area contributed by atoms with E-state index in [4.69, 9.17) is 4.74 Å². The lowest BCUT2D eigenvalue weighted by Gasteiger charge is -2.27. The number of aliphatic hydroxyl groups is 1. The summed E-state index contributed by atoms with van der Waals surface area (Å²) in [7, 11) is -2.56. The number of benzene rings is 3. The molecule has 1 heterocycles. The smallest absolute Gasteiger partial charge is 0.290 e. The number of rotatable bonds is 7. The molecule has 1 aliphatic rings. The number of sulfone groups is 1. The normalized spacial score (nSPS) is 16.4. The summed E-state index contributed by atoms with van der Waals surface area (Å²) < 4.78 is 32.3. The van der Waals surface area contributed by atoms with E-state index in [0.29, 0.717) is 11.3 Å². The van der Waals surface area contributed by atoms with E-state index in [1.807, 2.05) is 43.3 Å². The van der Waals surface area contributed by atoms with Gasteiger partial charge in [0.1, 0.15) is 10.7 Å². The quantitative estimate of drug-likeness (QED) is 0.554. The molecule has 1 N–H and O–H groups in total. The monoisotopic (exact) mass is 463 g/mol. The van der Waals surface area contributed by atoms with Crippen LogP contribution in [0.15, 0.2) is 94.4 Å². The second-order valence-electron chi connectivity index (χ2n) is 7.81. The van der Waals surface area contributed by atoms with Crippen molar-refractivity contribution in [3.05, 3.63) is 106 Å². The van der Waals surface area contributed by atoms with E-state index in [1.165, 1.54) is 17.0 Å². The van der Waals surface area contributed by atoms with Gasteiger partial charge in [-0.25, -0.2) is 8.42 Å². The lowest BCUT2D eigenvalue weighted by molar-refractivity contribution is -0.130. The van der Waals surface area contributed by atoms with Crippen LogP contribution in [0.4, 0.5) is 0 Å². The Hall–Kier alpha value is -3.58. The van der Waals surface area contributed by atoms with Crippen molar-refractivity contribution in [1.82, 2.24) is 4.90 Å². The van der Waals surface area contributed by atoms with Gasteiger partial charge < -0.3 is 14.7 Å². The lowest BCUT2D eigenvalue weighted by Crippen LogP contribution is -2.30. The predicted octanol–water partition coefficient (Wildman–Crippen LogP) is 4.58. The van der Waals surface area contributed by atoms with Gasteiger partial charge in [0.25, 0.3) is 5.91 Å². The minimum Gasteiger partial charge on any atom is -0.502 e. The molecule has 3 aromatic rings. The summed E-state index contributed by atoms with van der Waals surface area (Å²) >= 11 is 0. The van der Waals surface area contributed by atoms with E-state index in [2.05, 4.69) is 0 Å². The third-order valence-corrected chi connectivity index (χ3v) is 7.70. The number of aryl methyl sites for hydroxylation is 1. The van der Waals surface area contributed by atoms with Crippen molar-refractivity contribution < 1.29 is 23.1 Å². The zero-order valence-electron chi connectivity index (χ0n) is 18.4. The number of aliphatic hydroxyl groups excluding tert-OH is 1. The molecular weight excluding hydrogens is 438 g/mol. The highest BCUT2D eigenvalue weighted by Gasteiger charge is 2.46. The van der Waals surface area contributed by atoms with Crippen LogP contribution < -0.4 is 4.74 Å². The first-order valence-corrected chi connectivity index (χ1v) is 12.1. The lowest BCUT2D eigenvalue weighted by atomic mass is 10.0. The van der Waals surface area contributed by atoms with Crippen molar-refractivity contribution in [2.24, 2.45) is 0 Å². The summed E-state index contributed by atoms with van der Waals surface area (Å²) in [6.45, 7) is 2.15. The van der Waals surface area contributed by atoms with Gasteiger partial charge in [-0.15, -0.1) is 0 Å². The summed E-state index contributed by atoms with van der Waals surface area (Å²) in [5.41, 5.74) is 2.49. The van der Waals surface area contributed by atoms with Crippen LogP contribution in [-0.4, -0.2) is 31.4 Å². The Morgan fingerprint density at radius 2 is 1.52 bits per heavy atom. The molecule has 1 aliphatic heterocycles. The number of hydrogen-bond donors (Lipinski definition) is 1. The van der Waals surface area contributed by atoms with Gasteiger partial charge in [0.15, 0.2) is 5.76 Å². The Morgan fingerprint density at radius 1 is 0.909 bits per heavy atom. The molecular formula is C26H25NO5S. The highest BCUT2D eigenvalue weighted by atomic mass is 32.2. The molecule has 4 rings (SSSR count). The fourth-order valence-electron chi connectivity index (χ4n) is 3.99. The van der Waals surface area contributed by atoms with Crippen LogP contribution in [-0.2, 0) is 27.6 Å². The summed E-state index contributed by atoms with van der Waals surface area (Å²) in [5, 5.41) is 10.8. The van der Waals surface area contributed by atoms with Crippen LogP contribution in [0.3, 0.4) is 0 Å². The molecule has 6 nitrogen and oxygen atoms in total. The molecule has 0 saturated carbocycles. The fourth-order valence-corrected chi connectivity index (χ4v) is 5.66. The number of methoxy groups -OCH3 is 1. The predicted molar refractivity (Wildman–Crippen MR) is 125 cm³/mol. The average Bonchev–Trinajstić information content (AvgIpc) is 3.10. The highest BCUT2D eigenvalue weighted by molar-refractivity contribution is 7.95. The van der Waals surface area contributed by atoms with E-state index in [0.717, 1.165) is 17.5 Å². The van der Waals surface area contributed by atoms with Crippen LogP contribution in [0.2, 0.25) is 0 Å². The van der Waals surface area contributed by atoms with E-state index >= 15 is 0 Å². The van der Waals surface area contributed by atoms with Gasteiger partial charge in [-0.1, -0.05) is 61.5 Å². The molecule has 0 aliphatic carbocycles. The molecule has 1 atom stereocenters. The number of carbonyl (C=O) groups is 1. The van der Waals surface area contributed by atoms with Gasteiger partial charge >= 0.3 is 0 Å². The van der Waals surface area contributed by atoms with Gasteiger partial charge in [0.05, 0.1) is 18.0 Å². The topological polar surface area (TPSA) is 83.9 Å². The zero-order valence-corrected chi connectivity index (χ0v) is 19.2. The average molecular weight is 464 g/mol. The fraction of sp³-hybridized carbons (Fsp3) is 0.192. The minimum absolute atomic E-state index is 0.0285. The minimum atomic E-state index is -4.12. The van der Waals surface area contributed by atoms with E-state index in [-0.39, 0.29) is 16.3 Å². The molecule has 0 fully saturated rings. The van der Waals surface area contributed by atoms with Crippen molar-refractivity contribution in [2.45, 2.75) is 30.8 Å². The van der Waals surface area contributed by atoms with Crippen molar-refractivity contribution in [3.63, 3.8) is 0 Å². The number of hydrogen-bond acceptors (Lipinski definition) is 5. The maximum absolute atomic E-state index is 13.6. The summed E-state index contributed by atoms with van der Waals surface area (Å²) in [6.07, 6.45) is 0.829. The largest absolute Gasteiger partial charge is 0.502 e. The molecule has 7 heteroatoms. The SMILES string of the molecule is CCc1ccc([C@@H]2C(S(=O)(=O)c3ccccc3)=C(O)C(=O)N2Cc2ccc(OC)cc2)cc1. The first-order valence-electron chi connectivity index (χ1n) is 10.6. The molecule has 3 aromatic carbocycles. The molecule has 170 valence electrons. The summed E-state index contributed by atoms with van der Waals surface area (Å²) in [6, 6.07) is 21.5. The van der Waals surface area contributed by atoms with Crippen LogP contribution in [0.25, 0.3) is 0 Å². The van der Waals surface area contributed by atoms with Crippen LogP contribution in [0, 0.1) is 0 Å². The first-order chi connectivity index (χ1) is 15.9. The number of ether oxygens (including phenoxy) is 1. The Morgan fingerprint density at radius 3 is 2.09 bits per heavy atom. The van der Waals surface area contributed by atoms with E-state index in [9.17, 15) is 18.3 Å². The Balaban J connectivity index is 1.82. The van der Waals surface area contributed by atoms with Gasteiger partial charge in [-0.3, -0.25) is 4.79 Å². The number of carbonyl (C=O) groups excluding carboxylic acids is 1. The van der Waals surface area contributed by atoms with Crippen LogP contribution in [0.1, 0.15) is 29.7 Å². The highest BCUT2D eigenvalue weighted by Crippen LogP contribution is 2.43. The second-order valence-corrected chi connectivity index (χ2v) is 9.73. The Bertz CT molecular complexity index is 1280. The van der Waals surface area contributed by atoms with E-state index in [1.54, 1.807) is 37.4 Å². The summed E-state index contributed by atoms with van der Waals surface area (Å²) in [5.74, 6) is -0.784. The van der Waals surface area contributed by atoms with Crippen molar-refractivity contribution in [2.75, 3.05) is 7.11 Å². The third kappa shape index (κ3) is 4.24. The summed E-state index contributed by atoms with van der Waals surface area (Å²) in [4.78, 5) is 14.3. The van der Waals surface area contributed by atoms with E-state index < -0.39 is 27.5 Å². The maximum atomic E-state index is 13.6. The zero-order chi connectivity index (χ0) is 23.6. The van der Waals surface area contributed by atoms with Gasteiger partial charge in [-0.05, 0) is 47.4 Å². The van der Waals surface area contributed by atoms with Gasteiger partial charge in [-0.2, -0.15) is 0 Å². The molecule has 1 amide bonds. The molecule has 0 spiro atoms. The Labute approximate surface area is 193 Å². The molecule has 0 unspecified atom stereocenters. The number of amides is 1. The molecule has 33 heavy (non-hydrogen) atoms. The second kappa shape index (κ2) is 9.11. The van der Waals surface area contributed by atoms with Gasteiger partial charge in [0.2, 0.25) is 9.84 Å². The van der Waals surface area contributed by atoms with Crippen molar-refractivity contribution in [1.29, 1.82) is 0 Å². The third-order valence-electron chi connectivity index (χ3n) is 5.82. The molecule has 0 radical (unpaired) electrons. The first kappa shape index (κ1) is 22.6. The number of nitrogens with zero attached hydrogens (tertiary/aromatic N) is 1. The van der Waals surface area contributed by atoms with Gasteiger partial charge in [0, 0.05) is 6.54 Å². The molecule has 0 aromatic heterocycles. The molecule has 0 saturated heterocycles. The standard InChI is InChI=1S/C26H25NO5S/c1-3-18-9-13-20(14-10-18)23-25(33(30,31)22-7-5-4-6-8-22)24(28)26(29)27(23)17-19-11-15-21(32-2)16-12-19/h4-16,23,28H,3,17H2,1-2H3/t23-/m1/s1. The van der Waals surface area contributed by atoms with Crippen molar-refractivity contribution in [3.8, 4) is 5.75 Å². The van der Waals surface area contributed by atoms with Crippen LogP contribution >= 0.6 is 0 Å². The molecule has 0 bridgehead atoms. The van der Waals surface area contributed by atoms with Crippen LogP contribution in [0.5, 0.6) is 5.75 Å². The maximum Gasteiger partial charge on any atom is 0.290 e.